The van der Waals surface area contributed by atoms with Crippen LogP contribution in [-0.4, -0.2) is 30.5 Å². The molecule has 3 nitrogen and oxygen atoms in total. The molecule has 1 saturated heterocycles. The van der Waals surface area contributed by atoms with E-state index in [1.165, 1.54) is 19.3 Å². The van der Waals surface area contributed by atoms with Crippen molar-refractivity contribution in [3.05, 3.63) is 0 Å². The normalized spacial score (nSPS) is 24.4. The molecule has 0 bridgehead atoms. The lowest BCUT2D eigenvalue weighted by molar-refractivity contribution is 0.339. The Morgan fingerprint density at radius 3 is 2.73 bits per heavy atom. The summed E-state index contributed by atoms with van der Waals surface area (Å²) in [4.78, 5) is 6.52. The minimum absolute atomic E-state index is 0.738. The molecule has 88 valence electrons. The summed E-state index contributed by atoms with van der Waals surface area (Å²) < 4.78 is 0. The molecule has 2 N–H and O–H groups in total. The van der Waals surface area contributed by atoms with Crippen molar-refractivity contribution >= 4 is 5.96 Å². The molecule has 1 unspecified atom stereocenters. The lowest BCUT2D eigenvalue weighted by Crippen LogP contribution is -2.38. The Bertz CT molecular complexity index is 211. The molecule has 1 aliphatic heterocycles. The summed E-state index contributed by atoms with van der Waals surface area (Å²) in [6.07, 6.45) is 3.86. The van der Waals surface area contributed by atoms with E-state index in [-0.39, 0.29) is 0 Å². The lowest BCUT2D eigenvalue weighted by atomic mass is 9.89. The molecule has 15 heavy (non-hydrogen) atoms. The van der Waals surface area contributed by atoms with Gasteiger partial charge in [0.25, 0.3) is 0 Å². The van der Waals surface area contributed by atoms with Gasteiger partial charge in [-0.05, 0) is 38.0 Å². The SMILES string of the molecule is CCN=C(N)N1CCCC(C(C)C)CC1. The Morgan fingerprint density at radius 1 is 1.40 bits per heavy atom. The minimum Gasteiger partial charge on any atom is -0.370 e. The molecule has 0 spiro atoms. The van der Waals surface area contributed by atoms with Gasteiger partial charge in [0.05, 0.1) is 0 Å². The fourth-order valence-corrected chi connectivity index (χ4v) is 2.28. The van der Waals surface area contributed by atoms with Crippen molar-refractivity contribution in [2.45, 2.75) is 40.0 Å². The highest BCUT2D eigenvalue weighted by atomic mass is 15.2. The second-order valence-corrected chi connectivity index (χ2v) is 4.75. The number of hydrogen-bond acceptors (Lipinski definition) is 1. The van der Waals surface area contributed by atoms with Gasteiger partial charge in [0.15, 0.2) is 5.96 Å². The highest BCUT2D eigenvalue weighted by Gasteiger charge is 2.19. The molecule has 1 heterocycles. The van der Waals surface area contributed by atoms with Crippen LogP contribution in [0.25, 0.3) is 0 Å². The van der Waals surface area contributed by atoms with Crippen LogP contribution in [0.5, 0.6) is 0 Å². The average molecular weight is 211 g/mol. The average Bonchev–Trinajstić information content (AvgIpc) is 2.43. The van der Waals surface area contributed by atoms with E-state index in [0.29, 0.717) is 0 Å². The highest BCUT2D eigenvalue weighted by Crippen LogP contribution is 2.24. The van der Waals surface area contributed by atoms with E-state index in [1.807, 2.05) is 6.92 Å². The van der Waals surface area contributed by atoms with Gasteiger partial charge in [0.1, 0.15) is 0 Å². The first kappa shape index (κ1) is 12.3. The van der Waals surface area contributed by atoms with Gasteiger partial charge in [0.2, 0.25) is 0 Å². The molecule has 1 rings (SSSR count). The summed E-state index contributed by atoms with van der Waals surface area (Å²) in [5.74, 6) is 2.40. The van der Waals surface area contributed by atoms with Crippen molar-refractivity contribution in [1.29, 1.82) is 0 Å². The van der Waals surface area contributed by atoms with Crippen LogP contribution in [0.4, 0.5) is 0 Å². The summed E-state index contributed by atoms with van der Waals surface area (Å²) in [7, 11) is 0. The Labute approximate surface area is 93.7 Å². The summed E-state index contributed by atoms with van der Waals surface area (Å²) in [5.41, 5.74) is 5.93. The van der Waals surface area contributed by atoms with Crippen LogP contribution in [0, 0.1) is 11.8 Å². The summed E-state index contributed by atoms with van der Waals surface area (Å²) in [6, 6.07) is 0. The Kier molecular flexibility index (Phi) is 4.92. The van der Waals surface area contributed by atoms with Crippen molar-refractivity contribution in [2.75, 3.05) is 19.6 Å². The van der Waals surface area contributed by atoms with Gasteiger partial charge in [-0.1, -0.05) is 13.8 Å². The zero-order chi connectivity index (χ0) is 11.3. The maximum Gasteiger partial charge on any atom is 0.191 e. The van der Waals surface area contributed by atoms with Crippen LogP contribution in [0.1, 0.15) is 40.0 Å². The monoisotopic (exact) mass is 211 g/mol. The van der Waals surface area contributed by atoms with Gasteiger partial charge in [0, 0.05) is 19.6 Å². The van der Waals surface area contributed by atoms with E-state index in [9.17, 15) is 0 Å². The third-order valence-electron chi connectivity index (χ3n) is 3.36. The molecule has 1 fully saturated rings. The lowest BCUT2D eigenvalue weighted by Gasteiger charge is -2.22. The molecule has 0 aromatic heterocycles. The van der Waals surface area contributed by atoms with E-state index in [0.717, 1.165) is 37.4 Å². The Balaban J connectivity index is 2.49. The second kappa shape index (κ2) is 5.99. The molecule has 0 saturated carbocycles. The molecule has 0 aromatic rings. The fraction of sp³-hybridized carbons (Fsp3) is 0.917. The first-order chi connectivity index (χ1) is 7.15. The van der Waals surface area contributed by atoms with Gasteiger partial charge < -0.3 is 10.6 Å². The number of nitrogens with two attached hydrogens (primary N) is 1. The maximum absolute atomic E-state index is 5.93. The van der Waals surface area contributed by atoms with Gasteiger partial charge in [-0.25, -0.2) is 0 Å². The van der Waals surface area contributed by atoms with Gasteiger partial charge in [-0.2, -0.15) is 0 Å². The molecular weight excluding hydrogens is 186 g/mol. The summed E-state index contributed by atoms with van der Waals surface area (Å²) >= 11 is 0. The minimum atomic E-state index is 0.738. The molecule has 0 amide bonds. The zero-order valence-corrected chi connectivity index (χ0v) is 10.4. The smallest absolute Gasteiger partial charge is 0.191 e. The number of nitrogens with zero attached hydrogens (tertiary/aromatic N) is 2. The van der Waals surface area contributed by atoms with Crippen LogP contribution >= 0.6 is 0 Å². The summed E-state index contributed by atoms with van der Waals surface area (Å²) in [6.45, 7) is 9.63. The molecule has 3 heteroatoms. The van der Waals surface area contributed by atoms with Gasteiger partial charge in [-0.3, -0.25) is 4.99 Å². The fourth-order valence-electron chi connectivity index (χ4n) is 2.28. The molecule has 1 atom stereocenters. The predicted molar refractivity (Wildman–Crippen MR) is 65.9 cm³/mol. The van der Waals surface area contributed by atoms with Crippen LogP contribution in [0.2, 0.25) is 0 Å². The van der Waals surface area contributed by atoms with Crippen LogP contribution in [-0.2, 0) is 0 Å². The standard InChI is InChI=1S/C12H25N3/c1-4-14-12(13)15-8-5-6-11(7-9-15)10(2)3/h10-11H,4-9H2,1-3H3,(H2,13,14). The third-order valence-corrected chi connectivity index (χ3v) is 3.36. The first-order valence-corrected chi connectivity index (χ1v) is 6.20. The number of guanidine groups is 1. The number of likely N-dealkylation sites (tertiary alicyclic amines) is 1. The highest BCUT2D eigenvalue weighted by molar-refractivity contribution is 5.78. The van der Waals surface area contributed by atoms with Crippen LogP contribution < -0.4 is 5.73 Å². The molecule has 0 aromatic carbocycles. The van der Waals surface area contributed by atoms with Gasteiger partial charge >= 0.3 is 0 Å². The first-order valence-electron chi connectivity index (χ1n) is 6.20. The Morgan fingerprint density at radius 2 is 2.13 bits per heavy atom. The largest absolute Gasteiger partial charge is 0.370 e. The third kappa shape index (κ3) is 3.73. The van der Waals surface area contributed by atoms with Crippen molar-refractivity contribution in [2.24, 2.45) is 22.6 Å². The number of aliphatic imine (C=N–C) groups is 1. The van der Waals surface area contributed by atoms with Crippen molar-refractivity contribution < 1.29 is 0 Å². The predicted octanol–water partition coefficient (Wildman–Crippen LogP) is 2.08. The van der Waals surface area contributed by atoms with Gasteiger partial charge in [-0.15, -0.1) is 0 Å². The van der Waals surface area contributed by atoms with E-state index in [1.54, 1.807) is 0 Å². The van der Waals surface area contributed by atoms with Crippen molar-refractivity contribution in [3.63, 3.8) is 0 Å². The maximum atomic E-state index is 5.93. The van der Waals surface area contributed by atoms with E-state index >= 15 is 0 Å². The second-order valence-electron chi connectivity index (χ2n) is 4.75. The molecule has 0 radical (unpaired) electrons. The summed E-state index contributed by atoms with van der Waals surface area (Å²) in [5, 5.41) is 0. The molecule has 1 aliphatic rings. The van der Waals surface area contributed by atoms with Crippen LogP contribution in [0.15, 0.2) is 4.99 Å². The number of rotatable bonds is 2. The van der Waals surface area contributed by atoms with E-state index < -0.39 is 0 Å². The molecule has 0 aliphatic carbocycles. The number of hydrogen-bond donors (Lipinski definition) is 1. The van der Waals surface area contributed by atoms with Crippen molar-refractivity contribution in [1.82, 2.24) is 4.90 Å². The van der Waals surface area contributed by atoms with E-state index in [2.05, 4.69) is 23.7 Å². The Hall–Kier alpha value is -0.730. The quantitative estimate of drug-likeness (QED) is 0.561. The van der Waals surface area contributed by atoms with E-state index in [4.69, 9.17) is 5.73 Å². The van der Waals surface area contributed by atoms with Crippen molar-refractivity contribution in [3.8, 4) is 0 Å². The zero-order valence-electron chi connectivity index (χ0n) is 10.4. The van der Waals surface area contributed by atoms with Crippen LogP contribution in [0.3, 0.4) is 0 Å². The molecular formula is C12H25N3. The topological polar surface area (TPSA) is 41.6 Å².